The Bertz CT molecular complexity index is 1150. The van der Waals surface area contributed by atoms with Crippen LogP contribution in [-0.2, 0) is 39.3 Å². The maximum atomic E-state index is 12.4. The van der Waals surface area contributed by atoms with Crippen LogP contribution in [0.5, 0.6) is 5.75 Å². The summed E-state index contributed by atoms with van der Waals surface area (Å²) in [6.45, 7) is 0.816. The second-order valence-electron chi connectivity index (χ2n) is 8.50. The molecule has 1 saturated carbocycles. The van der Waals surface area contributed by atoms with Gasteiger partial charge in [-0.3, -0.25) is 9.59 Å². The molecule has 1 unspecified atom stereocenters. The van der Waals surface area contributed by atoms with Gasteiger partial charge in [0.05, 0.1) is 11.0 Å². The monoisotopic (exact) mass is 497 g/mol. The number of amides is 1. The second kappa shape index (κ2) is 13.1. The standard InChI is InChI=1S/C25H29N3O5.CH2O2/c1-27(15-18-7-4-3-5-8-18)25(30)31-16-24-26-22-14-21(11-12-23(22)28(24)2)33-20-10-6-9-19(13-20)32-17-29;2-1-3/h3-5,7-8,11-12,14,17,19-20H,6,9-10,13,15-16H2,1-2H3;1H,(H,2,3)/t19?,20-;/m0./s1. The largest absolute Gasteiger partial charge is 0.490 e. The fraction of sp³-hybridized carbons (Fsp3) is 0.385. The van der Waals surface area contributed by atoms with Gasteiger partial charge in [0.1, 0.15) is 23.8 Å². The summed E-state index contributed by atoms with van der Waals surface area (Å²) in [5.74, 6) is 1.38. The van der Waals surface area contributed by atoms with Crippen LogP contribution in [0.25, 0.3) is 11.0 Å². The summed E-state index contributed by atoms with van der Waals surface area (Å²) >= 11 is 0. The van der Waals surface area contributed by atoms with Crippen molar-refractivity contribution in [1.29, 1.82) is 0 Å². The predicted molar refractivity (Wildman–Crippen MR) is 131 cm³/mol. The lowest BCUT2D eigenvalue weighted by molar-refractivity contribution is -0.136. The Labute approximate surface area is 209 Å². The summed E-state index contributed by atoms with van der Waals surface area (Å²) in [5.41, 5.74) is 2.74. The number of ether oxygens (including phenoxy) is 3. The molecule has 1 fully saturated rings. The number of rotatable bonds is 8. The van der Waals surface area contributed by atoms with Gasteiger partial charge >= 0.3 is 6.09 Å². The summed E-state index contributed by atoms with van der Waals surface area (Å²) < 4.78 is 18.7. The first-order chi connectivity index (χ1) is 17.4. The van der Waals surface area contributed by atoms with E-state index in [4.69, 9.17) is 24.1 Å². The Morgan fingerprint density at radius 3 is 2.61 bits per heavy atom. The van der Waals surface area contributed by atoms with Gasteiger partial charge in [-0.05, 0) is 37.0 Å². The van der Waals surface area contributed by atoms with Crippen molar-refractivity contribution in [2.24, 2.45) is 7.05 Å². The molecule has 1 aromatic heterocycles. The number of benzene rings is 2. The number of aromatic nitrogens is 2. The first-order valence-electron chi connectivity index (χ1n) is 11.7. The number of hydrogen-bond donors (Lipinski definition) is 1. The van der Waals surface area contributed by atoms with Crippen molar-refractivity contribution in [2.45, 2.75) is 51.0 Å². The smallest absolute Gasteiger partial charge is 0.410 e. The molecule has 0 radical (unpaired) electrons. The molecule has 0 aliphatic heterocycles. The SMILES string of the molecule is CN(Cc1ccccc1)C(=O)OCc1nc2cc(O[C@H]3CCCC(OC=O)C3)ccc2n1C.O=CO. The minimum Gasteiger partial charge on any atom is -0.490 e. The van der Waals surface area contributed by atoms with Crippen molar-refractivity contribution in [3.63, 3.8) is 0 Å². The van der Waals surface area contributed by atoms with Crippen molar-refractivity contribution in [3.05, 3.63) is 59.9 Å². The Morgan fingerprint density at radius 1 is 1.17 bits per heavy atom. The number of hydrogen-bond acceptors (Lipinski definition) is 7. The molecule has 10 heteroatoms. The van der Waals surface area contributed by atoms with Gasteiger partial charge in [0.25, 0.3) is 12.9 Å². The van der Waals surface area contributed by atoms with E-state index < -0.39 is 6.09 Å². The Morgan fingerprint density at radius 2 is 1.89 bits per heavy atom. The molecule has 192 valence electrons. The first kappa shape index (κ1) is 26.5. The second-order valence-corrected chi connectivity index (χ2v) is 8.50. The quantitative estimate of drug-likeness (QED) is 0.465. The van der Waals surface area contributed by atoms with Crippen molar-refractivity contribution in [1.82, 2.24) is 14.5 Å². The molecule has 2 atom stereocenters. The van der Waals surface area contributed by atoms with Crippen LogP contribution in [0, 0.1) is 0 Å². The zero-order valence-electron chi connectivity index (χ0n) is 20.4. The third-order valence-corrected chi connectivity index (χ3v) is 5.97. The first-order valence-corrected chi connectivity index (χ1v) is 11.7. The molecule has 36 heavy (non-hydrogen) atoms. The minimum atomic E-state index is -0.403. The number of fused-ring (bicyclic) bond motifs is 1. The molecular formula is C26H31N3O7. The number of nitrogens with zero attached hydrogens (tertiary/aromatic N) is 3. The van der Waals surface area contributed by atoms with E-state index in [2.05, 4.69) is 4.98 Å². The highest BCUT2D eigenvalue weighted by atomic mass is 16.6. The van der Waals surface area contributed by atoms with Crippen molar-refractivity contribution < 1.29 is 33.7 Å². The number of carboxylic acid groups (broad SMARTS) is 1. The Balaban J connectivity index is 0.00000115. The minimum absolute atomic E-state index is 0.00504. The van der Waals surface area contributed by atoms with E-state index >= 15 is 0 Å². The van der Waals surface area contributed by atoms with Crippen LogP contribution >= 0.6 is 0 Å². The summed E-state index contributed by atoms with van der Waals surface area (Å²) in [6, 6.07) is 15.5. The van der Waals surface area contributed by atoms with Crippen molar-refractivity contribution in [3.8, 4) is 5.75 Å². The highest BCUT2D eigenvalue weighted by molar-refractivity contribution is 5.77. The van der Waals surface area contributed by atoms with Gasteiger partial charge < -0.3 is 28.8 Å². The molecule has 3 aromatic rings. The lowest BCUT2D eigenvalue weighted by Gasteiger charge is -2.28. The van der Waals surface area contributed by atoms with E-state index in [1.807, 2.05) is 60.1 Å². The molecule has 1 heterocycles. The molecule has 0 spiro atoms. The number of carbonyl (C=O) groups is 3. The maximum Gasteiger partial charge on any atom is 0.410 e. The van der Waals surface area contributed by atoms with E-state index in [-0.39, 0.29) is 25.3 Å². The molecule has 1 aliphatic rings. The molecule has 1 N–H and O–H groups in total. The van der Waals surface area contributed by atoms with E-state index in [1.54, 1.807) is 7.05 Å². The summed E-state index contributed by atoms with van der Waals surface area (Å²) in [7, 11) is 3.61. The van der Waals surface area contributed by atoms with Crippen molar-refractivity contribution in [2.75, 3.05) is 7.05 Å². The summed E-state index contributed by atoms with van der Waals surface area (Å²) in [4.78, 5) is 37.6. The highest BCUT2D eigenvalue weighted by Crippen LogP contribution is 2.27. The molecule has 1 amide bonds. The third-order valence-electron chi connectivity index (χ3n) is 5.97. The average Bonchev–Trinajstić information content (AvgIpc) is 3.18. The van der Waals surface area contributed by atoms with E-state index in [0.717, 1.165) is 41.6 Å². The lowest BCUT2D eigenvalue weighted by Crippen LogP contribution is -2.29. The molecule has 4 rings (SSSR count). The van der Waals surface area contributed by atoms with Crippen LogP contribution in [0.4, 0.5) is 4.79 Å². The van der Waals surface area contributed by atoms with Crippen LogP contribution in [-0.4, -0.2) is 57.9 Å². The summed E-state index contributed by atoms with van der Waals surface area (Å²) in [6.07, 6.45) is 2.97. The Kier molecular flexibility index (Phi) is 9.67. The van der Waals surface area contributed by atoms with Crippen LogP contribution in [0.2, 0.25) is 0 Å². The molecule has 1 aliphatic carbocycles. The van der Waals surface area contributed by atoms with E-state index in [0.29, 0.717) is 25.3 Å². The molecular weight excluding hydrogens is 466 g/mol. The predicted octanol–water partition coefficient (Wildman–Crippen LogP) is 3.91. The zero-order valence-corrected chi connectivity index (χ0v) is 20.4. The zero-order chi connectivity index (χ0) is 25.9. The van der Waals surface area contributed by atoms with Gasteiger partial charge in [-0.25, -0.2) is 9.78 Å². The van der Waals surface area contributed by atoms with Gasteiger partial charge in [0, 0.05) is 33.1 Å². The van der Waals surface area contributed by atoms with Crippen LogP contribution < -0.4 is 4.74 Å². The average molecular weight is 498 g/mol. The van der Waals surface area contributed by atoms with Gasteiger partial charge in [0.2, 0.25) is 0 Å². The summed E-state index contributed by atoms with van der Waals surface area (Å²) in [5, 5.41) is 6.89. The lowest BCUT2D eigenvalue weighted by atomic mass is 9.95. The molecule has 0 bridgehead atoms. The molecule has 10 nitrogen and oxygen atoms in total. The fourth-order valence-electron chi connectivity index (χ4n) is 4.19. The van der Waals surface area contributed by atoms with Gasteiger partial charge in [-0.1, -0.05) is 30.3 Å². The topological polar surface area (TPSA) is 120 Å². The normalized spacial score (nSPS) is 16.8. The number of imidazole rings is 1. The fourth-order valence-corrected chi connectivity index (χ4v) is 4.19. The van der Waals surface area contributed by atoms with Crippen LogP contribution in [0.3, 0.4) is 0 Å². The molecule has 0 saturated heterocycles. The highest BCUT2D eigenvalue weighted by Gasteiger charge is 2.24. The third kappa shape index (κ3) is 7.21. The number of aryl methyl sites for hydroxylation is 1. The van der Waals surface area contributed by atoms with Crippen LogP contribution in [0.1, 0.15) is 37.1 Å². The Hall–Kier alpha value is -4.08. The number of carbonyl (C=O) groups excluding carboxylic acids is 2. The van der Waals surface area contributed by atoms with Gasteiger partial charge in [-0.2, -0.15) is 0 Å². The van der Waals surface area contributed by atoms with E-state index in [9.17, 15) is 9.59 Å². The maximum absolute atomic E-state index is 12.4. The van der Waals surface area contributed by atoms with Gasteiger partial charge in [-0.15, -0.1) is 0 Å². The van der Waals surface area contributed by atoms with Gasteiger partial charge in [0.15, 0.2) is 6.61 Å². The van der Waals surface area contributed by atoms with E-state index in [1.165, 1.54) is 4.90 Å². The molecule has 2 aromatic carbocycles. The van der Waals surface area contributed by atoms with Crippen LogP contribution in [0.15, 0.2) is 48.5 Å². The van der Waals surface area contributed by atoms with Crippen molar-refractivity contribution >= 4 is 30.1 Å².